The lowest BCUT2D eigenvalue weighted by Crippen LogP contribution is -2.03. The van der Waals surface area contributed by atoms with Crippen LogP contribution in [-0.2, 0) is 9.53 Å². The summed E-state index contributed by atoms with van der Waals surface area (Å²) < 4.78 is 4.56. The van der Waals surface area contributed by atoms with Crippen LogP contribution in [0.25, 0.3) is 12.2 Å². The monoisotopic (exact) mass is 336 g/mol. The number of rotatable bonds is 5. The molecule has 0 aliphatic carbocycles. The van der Waals surface area contributed by atoms with E-state index in [1.807, 2.05) is 54.6 Å². The fraction of sp³-hybridized carbons (Fsp3) is 0.136. The number of carbonyl (C=O) groups is 1. The van der Waals surface area contributed by atoms with Gasteiger partial charge in [0, 0.05) is 5.57 Å². The zero-order chi connectivity index (χ0) is 18.5. The Balaban J connectivity index is 0.000000333. The second-order valence-electron chi connectivity index (χ2n) is 5.22. The molecule has 1 N–H and O–H groups in total. The summed E-state index contributed by atoms with van der Waals surface area (Å²) in [5.74, 6) is -0.0216. The van der Waals surface area contributed by atoms with Crippen LogP contribution in [0.5, 0.6) is 5.75 Å². The summed E-state index contributed by atoms with van der Waals surface area (Å²) in [6, 6.07) is 17.3. The van der Waals surface area contributed by atoms with Crippen molar-refractivity contribution in [2.45, 2.75) is 13.8 Å². The Labute approximate surface area is 149 Å². The minimum atomic E-state index is -0.312. The number of allylic oxidation sites excluding steroid dienone is 2. The molecule has 0 heterocycles. The van der Waals surface area contributed by atoms with Crippen molar-refractivity contribution < 1.29 is 14.6 Å². The minimum absolute atomic E-state index is 0.291. The summed E-state index contributed by atoms with van der Waals surface area (Å²) in [5, 5.41) is 9.30. The van der Waals surface area contributed by atoms with Crippen molar-refractivity contribution in [3.8, 4) is 5.75 Å². The SMILES string of the molecule is C=C(C)C(=O)OCC.Oc1cccc(C=CC=Cc2ccccc2)c1. The van der Waals surface area contributed by atoms with Crippen molar-refractivity contribution in [1.29, 1.82) is 0 Å². The Morgan fingerprint density at radius 1 is 1.04 bits per heavy atom. The number of ether oxygens (including phenoxy) is 1. The highest BCUT2D eigenvalue weighted by Gasteiger charge is 1.98. The van der Waals surface area contributed by atoms with Gasteiger partial charge in [0.05, 0.1) is 6.61 Å². The standard InChI is InChI=1S/C16H14O.C6H10O2/c17-16-12-6-11-15(13-16)10-5-4-9-14-7-2-1-3-8-14;1-4-8-6(7)5(2)3/h1-13,17H;2,4H2,1,3H3. The van der Waals surface area contributed by atoms with Crippen LogP contribution in [0.1, 0.15) is 25.0 Å². The lowest BCUT2D eigenvalue weighted by molar-refractivity contribution is -0.138. The molecule has 2 aromatic rings. The van der Waals surface area contributed by atoms with Crippen LogP contribution in [-0.4, -0.2) is 17.7 Å². The van der Waals surface area contributed by atoms with Crippen molar-refractivity contribution in [1.82, 2.24) is 0 Å². The molecule has 0 aliphatic heterocycles. The number of benzene rings is 2. The average molecular weight is 336 g/mol. The van der Waals surface area contributed by atoms with Crippen LogP contribution in [0.2, 0.25) is 0 Å². The van der Waals surface area contributed by atoms with Crippen molar-refractivity contribution in [3.05, 3.63) is 90.0 Å². The third kappa shape index (κ3) is 8.96. The van der Waals surface area contributed by atoms with Crippen LogP contribution >= 0.6 is 0 Å². The molecule has 0 saturated heterocycles. The van der Waals surface area contributed by atoms with Gasteiger partial charge in [-0.05, 0) is 37.1 Å². The van der Waals surface area contributed by atoms with Crippen LogP contribution in [0.3, 0.4) is 0 Å². The molecule has 130 valence electrons. The highest BCUT2D eigenvalue weighted by molar-refractivity contribution is 5.86. The maximum Gasteiger partial charge on any atom is 0.333 e. The predicted octanol–water partition coefficient (Wildman–Crippen LogP) is 5.24. The molecule has 0 aromatic heterocycles. The van der Waals surface area contributed by atoms with Crippen molar-refractivity contribution >= 4 is 18.1 Å². The molecule has 0 spiro atoms. The van der Waals surface area contributed by atoms with E-state index in [2.05, 4.69) is 23.4 Å². The Bertz CT molecular complexity index is 728. The highest BCUT2D eigenvalue weighted by Crippen LogP contribution is 2.12. The molecule has 0 amide bonds. The Morgan fingerprint density at radius 2 is 1.64 bits per heavy atom. The third-order valence-corrected chi connectivity index (χ3v) is 2.98. The molecule has 0 unspecified atom stereocenters. The van der Waals surface area contributed by atoms with Crippen LogP contribution < -0.4 is 0 Å². The molecule has 0 fully saturated rings. The summed E-state index contributed by atoms with van der Waals surface area (Å²) in [6.07, 6.45) is 7.94. The highest BCUT2D eigenvalue weighted by atomic mass is 16.5. The first-order chi connectivity index (χ1) is 12.0. The summed E-state index contributed by atoms with van der Waals surface area (Å²) in [7, 11) is 0. The summed E-state index contributed by atoms with van der Waals surface area (Å²) >= 11 is 0. The Morgan fingerprint density at radius 3 is 2.16 bits per heavy atom. The number of aromatic hydroxyl groups is 1. The zero-order valence-corrected chi connectivity index (χ0v) is 14.7. The lowest BCUT2D eigenvalue weighted by atomic mass is 10.2. The van der Waals surface area contributed by atoms with Crippen LogP contribution in [0.15, 0.2) is 78.9 Å². The van der Waals surface area contributed by atoms with Gasteiger partial charge in [0.25, 0.3) is 0 Å². The molecule has 3 nitrogen and oxygen atoms in total. The molecular weight excluding hydrogens is 312 g/mol. The van der Waals surface area contributed by atoms with Gasteiger partial charge in [0.2, 0.25) is 0 Å². The van der Waals surface area contributed by atoms with Gasteiger partial charge in [-0.15, -0.1) is 0 Å². The van der Waals surface area contributed by atoms with Gasteiger partial charge in [-0.25, -0.2) is 4.79 Å². The maximum atomic E-state index is 10.4. The lowest BCUT2D eigenvalue weighted by Gasteiger charge is -1.96. The number of phenols is 1. The summed E-state index contributed by atoms with van der Waals surface area (Å²) in [5.41, 5.74) is 2.61. The first-order valence-corrected chi connectivity index (χ1v) is 8.04. The number of hydrogen-bond acceptors (Lipinski definition) is 3. The van der Waals surface area contributed by atoms with E-state index < -0.39 is 0 Å². The van der Waals surface area contributed by atoms with E-state index in [-0.39, 0.29) is 5.97 Å². The molecule has 0 aliphatic rings. The molecule has 0 atom stereocenters. The third-order valence-electron chi connectivity index (χ3n) is 2.98. The summed E-state index contributed by atoms with van der Waals surface area (Å²) in [6.45, 7) is 7.21. The van der Waals surface area contributed by atoms with E-state index in [9.17, 15) is 9.90 Å². The molecule has 3 heteroatoms. The second-order valence-corrected chi connectivity index (χ2v) is 5.22. The number of esters is 1. The van der Waals surface area contributed by atoms with Gasteiger partial charge in [-0.2, -0.15) is 0 Å². The van der Waals surface area contributed by atoms with Crippen LogP contribution in [0, 0.1) is 0 Å². The van der Waals surface area contributed by atoms with Gasteiger partial charge in [-0.3, -0.25) is 0 Å². The van der Waals surface area contributed by atoms with Crippen molar-refractivity contribution in [2.75, 3.05) is 6.61 Å². The van der Waals surface area contributed by atoms with Gasteiger partial charge in [0.15, 0.2) is 0 Å². The topological polar surface area (TPSA) is 46.5 Å². The van der Waals surface area contributed by atoms with E-state index in [4.69, 9.17) is 0 Å². The molecule has 25 heavy (non-hydrogen) atoms. The van der Waals surface area contributed by atoms with E-state index in [0.717, 1.165) is 5.56 Å². The smallest absolute Gasteiger partial charge is 0.333 e. The fourth-order valence-electron chi connectivity index (χ4n) is 1.78. The molecule has 0 radical (unpaired) electrons. The van der Waals surface area contributed by atoms with Gasteiger partial charge < -0.3 is 9.84 Å². The van der Waals surface area contributed by atoms with Gasteiger partial charge in [-0.1, -0.05) is 73.3 Å². The molecular formula is C22H24O3. The number of hydrogen-bond donors (Lipinski definition) is 1. The second kappa shape index (κ2) is 11.5. The maximum absolute atomic E-state index is 10.4. The summed E-state index contributed by atoms with van der Waals surface area (Å²) in [4.78, 5) is 10.4. The Kier molecular flexibility index (Phi) is 9.16. The van der Waals surface area contributed by atoms with Crippen molar-refractivity contribution in [3.63, 3.8) is 0 Å². The average Bonchev–Trinajstić information content (AvgIpc) is 2.60. The zero-order valence-electron chi connectivity index (χ0n) is 14.7. The quantitative estimate of drug-likeness (QED) is 0.461. The van der Waals surface area contributed by atoms with E-state index in [0.29, 0.717) is 17.9 Å². The fourth-order valence-corrected chi connectivity index (χ4v) is 1.78. The minimum Gasteiger partial charge on any atom is -0.508 e. The number of phenolic OH excluding ortho intramolecular Hbond substituents is 1. The van der Waals surface area contributed by atoms with E-state index in [1.165, 1.54) is 5.56 Å². The largest absolute Gasteiger partial charge is 0.508 e. The van der Waals surface area contributed by atoms with Gasteiger partial charge in [0.1, 0.15) is 5.75 Å². The Hall–Kier alpha value is -3.07. The molecule has 2 aromatic carbocycles. The normalized spacial score (nSPS) is 10.3. The molecule has 0 saturated carbocycles. The first-order valence-electron chi connectivity index (χ1n) is 8.04. The van der Waals surface area contributed by atoms with Gasteiger partial charge >= 0.3 is 5.97 Å². The predicted molar refractivity (Wildman–Crippen MR) is 104 cm³/mol. The molecule has 2 rings (SSSR count). The molecule has 0 bridgehead atoms. The van der Waals surface area contributed by atoms with E-state index >= 15 is 0 Å². The van der Waals surface area contributed by atoms with Crippen molar-refractivity contribution in [2.24, 2.45) is 0 Å². The van der Waals surface area contributed by atoms with Crippen LogP contribution in [0.4, 0.5) is 0 Å². The van der Waals surface area contributed by atoms with E-state index in [1.54, 1.807) is 26.0 Å². The number of carbonyl (C=O) groups excluding carboxylic acids is 1. The first kappa shape index (κ1) is 20.0.